The second kappa shape index (κ2) is 7.92. The van der Waals surface area contributed by atoms with Gasteiger partial charge in [-0.3, -0.25) is 14.5 Å². The number of aliphatic hydroxyl groups excluding tert-OH is 1. The van der Waals surface area contributed by atoms with E-state index in [1.807, 2.05) is 24.0 Å². The Labute approximate surface area is 144 Å². The summed E-state index contributed by atoms with van der Waals surface area (Å²) in [4.78, 5) is 4.59. The van der Waals surface area contributed by atoms with Gasteiger partial charge in [-0.2, -0.15) is 5.10 Å². The predicted molar refractivity (Wildman–Crippen MR) is 95.5 cm³/mol. The average Bonchev–Trinajstić information content (AvgIpc) is 3.16. The van der Waals surface area contributed by atoms with E-state index < -0.39 is 0 Å². The Morgan fingerprint density at radius 3 is 2.83 bits per heavy atom. The Kier molecular flexibility index (Phi) is 5.66. The van der Waals surface area contributed by atoms with Gasteiger partial charge in [0.05, 0.1) is 12.3 Å². The third-order valence-corrected chi connectivity index (χ3v) is 4.74. The molecule has 3 rings (SSSR count). The van der Waals surface area contributed by atoms with Crippen LogP contribution in [-0.2, 0) is 13.6 Å². The maximum atomic E-state index is 10.5. The van der Waals surface area contributed by atoms with Crippen LogP contribution in [0.3, 0.4) is 0 Å². The zero-order valence-electron chi connectivity index (χ0n) is 14.7. The molecule has 0 bridgehead atoms. The Morgan fingerprint density at radius 2 is 2.12 bits per heavy atom. The Morgan fingerprint density at radius 1 is 1.33 bits per heavy atom. The molecule has 1 aliphatic rings. The van der Waals surface area contributed by atoms with E-state index in [0.29, 0.717) is 12.6 Å². The van der Waals surface area contributed by atoms with Crippen molar-refractivity contribution in [3.8, 4) is 0 Å². The fourth-order valence-electron chi connectivity index (χ4n) is 3.68. The number of likely N-dealkylation sites (N-methyl/N-ethyl adjacent to an activating group) is 1. The largest absolute Gasteiger partial charge is 0.390 e. The first-order chi connectivity index (χ1) is 11.6. The van der Waals surface area contributed by atoms with Crippen LogP contribution in [0.2, 0.25) is 0 Å². The third-order valence-electron chi connectivity index (χ3n) is 4.74. The van der Waals surface area contributed by atoms with Gasteiger partial charge in [0.2, 0.25) is 0 Å². The Balaban J connectivity index is 1.51. The molecule has 130 valence electrons. The van der Waals surface area contributed by atoms with Gasteiger partial charge in [0.25, 0.3) is 0 Å². The van der Waals surface area contributed by atoms with Gasteiger partial charge < -0.3 is 5.11 Å². The maximum absolute atomic E-state index is 10.5. The topological polar surface area (TPSA) is 44.5 Å². The standard InChI is InChI=1S/C19H28N4O/c1-21(12-16-7-4-3-5-8-16)14-18(24)15-23-10-6-9-19(23)17-11-20-22(2)13-17/h3-5,7-8,11,13,18-19,24H,6,9-10,12,14-15H2,1-2H3. The highest BCUT2D eigenvalue weighted by atomic mass is 16.3. The molecule has 0 radical (unpaired) electrons. The summed E-state index contributed by atoms with van der Waals surface area (Å²) in [6.07, 6.45) is 6.05. The van der Waals surface area contributed by atoms with Crippen molar-refractivity contribution in [1.82, 2.24) is 19.6 Å². The number of aliphatic hydroxyl groups is 1. The van der Waals surface area contributed by atoms with E-state index in [9.17, 15) is 5.11 Å². The fraction of sp³-hybridized carbons (Fsp3) is 0.526. The molecule has 0 aliphatic carbocycles. The zero-order chi connectivity index (χ0) is 16.9. The summed E-state index contributed by atoms with van der Waals surface area (Å²) in [5.41, 5.74) is 2.54. The summed E-state index contributed by atoms with van der Waals surface area (Å²) in [5, 5.41) is 14.8. The zero-order valence-corrected chi connectivity index (χ0v) is 14.7. The number of hydrogen-bond acceptors (Lipinski definition) is 4. The van der Waals surface area contributed by atoms with Crippen LogP contribution in [-0.4, -0.2) is 57.5 Å². The third kappa shape index (κ3) is 4.44. The van der Waals surface area contributed by atoms with Crippen LogP contribution in [0.1, 0.15) is 30.0 Å². The van der Waals surface area contributed by atoms with E-state index in [1.165, 1.54) is 17.5 Å². The van der Waals surface area contributed by atoms with Crippen LogP contribution in [0.4, 0.5) is 0 Å². The monoisotopic (exact) mass is 328 g/mol. The molecule has 0 saturated carbocycles. The van der Waals surface area contributed by atoms with Gasteiger partial charge in [-0.1, -0.05) is 30.3 Å². The van der Waals surface area contributed by atoms with Crippen molar-refractivity contribution in [2.75, 3.05) is 26.7 Å². The number of β-amino-alcohol motifs (C(OH)–C–C–N with tert-alkyl or cyclic N) is 1. The maximum Gasteiger partial charge on any atom is 0.0794 e. The molecule has 24 heavy (non-hydrogen) atoms. The van der Waals surface area contributed by atoms with Gasteiger partial charge in [-0.05, 0) is 32.0 Å². The normalized spacial score (nSPS) is 19.9. The molecule has 1 fully saturated rings. The SMILES string of the molecule is CN(Cc1ccccc1)CC(O)CN1CCCC1c1cnn(C)c1. The minimum absolute atomic E-state index is 0.337. The smallest absolute Gasteiger partial charge is 0.0794 e. The fourth-order valence-corrected chi connectivity index (χ4v) is 3.68. The molecule has 2 aromatic rings. The lowest BCUT2D eigenvalue weighted by molar-refractivity contribution is 0.0750. The van der Waals surface area contributed by atoms with Crippen molar-refractivity contribution in [3.05, 3.63) is 53.9 Å². The minimum atomic E-state index is -0.337. The minimum Gasteiger partial charge on any atom is -0.390 e. The van der Waals surface area contributed by atoms with Crippen LogP contribution >= 0.6 is 0 Å². The molecule has 1 N–H and O–H groups in total. The summed E-state index contributed by atoms with van der Waals surface area (Å²) in [6, 6.07) is 10.8. The summed E-state index contributed by atoms with van der Waals surface area (Å²) < 4.78 is 1.86. The molecule has 1 aromatic heterocycles. The number of aromatic nitrogens is 2. The number of rotatable bonds is 7. The van der Waals surface area contributed by atoms with Crippen LogP contribution in [0, 0.1) is 0 Å². The van der Waals surface area contributed by atoms with E-state index in [-0.39, 0.29) is 6.10 Å². The van der Waals surface area contributed by atoms with Crippen molar-refractivity contribution in [1.29, 1.82) is 0 Å². The molecule has 1 aromatic carbocycles. The van der Waals surface area contributed by atoms with Gasteiger partial charge in [-0.15, -0.1) is 0 Å². The molecule has 0 amide bonds. The Hall–Kier alpha value is -1.69. The highest BCUT2D eigenvalue weighted by Gasteiger charge is 2.28. The summed E-state index contributed by atoms with van der Waals surface area (Å²) in [6.45, 7) is 3.33. The summed E-state index contributed by atoms with van der Waals surface area (Å²) >= 11 is 0. The summed E-state index contributed by atoms with van der Waals surface area (Å²) in [7, 11) is 4.02. The van der Waals surface area contributed by atoms with Gasteiger partial charge >= 0.3 is 0 Å². The second-order valence-electron chi connectivity index (χ2n) is 6.94. The molecule has 5 nitrogen and oxygen atoms in total. The summed E-state index contributed by atoms with van der Waals surface area (Å²) in [5.74, 6) is 0. The molecular formula is C19H28N4O. The molecule has 1 aliphatic heterocycles. The second-order valence-corrected chi connectivity index (χ2v) is 6.94. The van der Waals surface area contributed by atoms with E-state index in [2.05, 4.69) is 52.4 Å². The predicted octanol–water partition coefficient (Wildman–Crippen LogP) is 2.05. The number of likely N-dealkylation sites (tertiary alicyclic amines) is 1. The van der Waals surface area contributed by atoms with Gasteiger partial charge in [0.1, 0.15) is 0 Å². The van der Waals surface area contributed by atoms with Crippen LogP contribution < -0.4 is 0 Å². The molecule has 2 heterocycles. The van der Waals surface area contributed by atoms with Gasteiger partial charge in [-0.25, -0.2) is 0 Å². The lowest BCUT2D eigenvalue weighted by Gasteiger charge is -2.28. The van der Waals surface area contributed by atoms with E-state index in [0.717, 1.165) is 26.1 Å². The van der Waals surface area contributed by atoms with E-state index >= 15 is 0 Å². The lowest BCUT2D eigenvalue weighted by Crippen LogP contribution is -2.38. The first-order valence-corrected chi connectivity index (χ1v) is 8.75. The number of benzene rings is 1. The molecular weight excluding hydrogens is 300 g/mol. The molecule has 2 atom stereocenters. The molecule has 2 unspecified atom stereocenters. The van der Waals surface area contributed by atoms with Crippen molar-refractivity contribution in [2.24, 2.45) is 7.05 Å². The lowest BCUT2D eigenvalue weighted by atomic mass is 10.1. The van der Waals surface area contributed by atoms with Crippen molar-refractivity contribution in [2.45, 2.75) is 31.5 Å². The first-order valence-electron chi connectivity index (χ1n) is 8.75. The van der Waals surface area contributed by atoms with E-state index in [4.69, 9.17) is 0 Å². The highest BCUT2D eigenvalue weighted by molar-refractivity contribution is 5.14. The highest BCUT2D eigenvalue weighted by Crippen LogP contribution is 2.31. The van der Waals surface area contributed by atoms with Crippen LogP contribution in [0.25, 0.3) is 0 Å². The van der Waals surface area contributed by atoms with Crippen LogP contribution in [0.15, 0.2) is 42.7 Å². The quantitative estimate of drug-likeness (QED) is 0.845. The van der Waals surface area contributed by atoms with Gasteiger partial charge in [0.15, 0.2) is 0 Å². The first kappa shape index (κ1) is 17.1. The number of aryl methyl sites for hydroxylation is 1. The molecule has 5 heteroatoms. The Bertz CT molecular complexity index is 627. The number of nitrogens with zero attached hydrogens (tertiary/aromatic N) is 4. The van der Waals surface area contributed by atoms with E-state index in [1.54, 1.807) is 0 Å². The number of hydrogen-bond donors (Lipinski definition) is 1. The van der Waals surface area contributed by atoms with Crippen molar-refractivity contribution >= 4 is 0 Å². The molecule has 0 spiro atoms. The van der Waals surface area contributed by atoms with Gasteiger partial charge in [0, 0.05) is 44.5 Å². The van der Waals surface area contributed by atoms with Crippen molar-refractivity contribution < 1.29 is 5.11 Å². The van der Waals surface area contributed by atoms with Crippen LogP contribution in [0.5, 0.6) is 0 Å². The average molecular weight is 328 g/mol. The van der Waals surface area contributed by atoms with Crippen molar-refractivity contribution in [3.63, 3.8) is 0 Å². The molecule has 1 saturated heterocycles.